The van der Waals surface area contributed by atoms with Crippen molar-refractivity contribution in [2.75, 3.05) is 19.8 Å². The van der Waals surface area contributed by atoms with Crippen LogP contribution in [0.25, 0.3) is 11.1 Å². The number of phenols is 4. The van der Waals surface area contributed by atoms with Crippen LogP contribution in [-0.4, -0.2) is 254 Å². The summed E-state index contributed by atoms with van der Waals surface area (Å²) in [6.45, 7) is -0.301. The molecule has 9 aliphatic rings. The lowest BCUT2D eigenvalue weighted by molar-refractivity contribution is -0.284. The predicted octanol–water partition coefficient (Wildman–Crippen LogP) is -0.397. The Kier molecular flexibility index (Phi) is 27.7. The largest absolute Gasteiger partial charge is 0.508 e. The monoisotopic (exact) mass is 1820 g/mol. The second-order valence-electron chi connectivity index (χ2n) is 31.3. The molecule has 0 aliphatic carbocycles. The molecule has 9 aliphatic heterocycles. The number of carboxylic acid groups (broad SMARTS) is 1. The number of ether oxygens (including phenoxy) is 9. The fraction of sp³-hybridized carbons (Fsp3) is 0.393. The molecule has 23 atom stereocenters. The van der Waals surface area contributed by atoms with Crippen LogP contribution >= 0.6 is 23.2 Å². The number of carbonyl (C=O) groups excluding carboxylic acids is 8. The molecule has 6 unspecified atom stereocenters. The first-order valence-corrected chi connectivity index (χ1v) is 40.9. The van der Waals surface area contributed by atoms with Crippen molar-refractivity contribution in [1.82, 2.24) is 42.5 Å². The number of halogens is 2. The van der Waals surface area contributed by atoms with Crippen molar-refractivity contribution in [3.05, 3.63) is 164 Å². The molecule has 25 N–H and O–H groups in total. The fourth-order valence-electron chi connectivity index (χ4n) is 15.8. The van der Waals surface area contributed by atoms with Gasteiger partial charge in [-0.2, -0.15) is 0 Å². The van der Waals surface area contributed by atoms with Crippen LogP contribution in [0.3, 0.4) is 0 Å². The van der Waals surface area contributed by atoms with Crippen LogP contribution < -0.4 is 72.0 Å². The molecule has 42 nitrogen and oxygen atoms in total. The third kappa shape index (κ3) is 19.2. The average Bonchev–Trinajstić information content (AvgIpc) is 0.762. The highest BCUT2D eigenvalue weighted by Gasteiger charge is 2.52. The van der Waals surface area contributed by atoms with Gasteiger partial charge >= 0.3 is 5.97 Å². The molecule has 7 aromatic carbocycles. The maximum absolute atomic E-state index is 17.0. The predicted molar refractivity (Wildman–Crippen MR) is 435 cm³/mol. The number of benzene rings is 7. The van der Waals surface area contributed by atoms with Gasteiger partial charge in [0, 0.05) is 48.6 Å². The molecule has 16 rings (SSSR count). The number of fused-ring (bicyclic) bond motifs is 14. The number of unbranched alkanes of at least 4 members (excludes halogenated alkanes) is 2. The Morgan fingerprint density at radius 3 is 1.68 bits per heavy atom. The minimum absolute atomic E-state index is 0.0260. The number of aliphatic carboxylic acids is 1. The van der Waals surface area contributed by atoms with Crippen LogP contribution in [0.5, 0.6) is 69.0 Å². The van der Waals surface area contributed by atoms with Crippen molar-refractivity contribution in [3.8, 4) is 80.1 Å². The lowest BCUT2D eigenvalue weighted by Crippen LogP contribution is -2.65. The van der Waals surface area contributed by atoms with Gasteiger partial charge in [0.2, 0.25) is 65.6 Å². The summed E-state index contributed by atoms with van der Waals surface area (Å²) in [6, 6.07) is 0.590. The molecule has 7 aromatic rings. The molecule has 0 spiro atoms. The molecule has 8 amide bonds. The Morgan fingerprint density at radius 1 is 0.500 bits per heavy atom. The summed E-state index contributed by atoms with van der Waals surface area (Å²) >= 11 is 14.7. The fourth-order valence-corrected chi connectivity index (χ4v) is 16.3. The molecule has 682 valence electrons. The van der Waals surface area contributed by atoms with Crippen LogP contribution in [0.2, 0.25) is 10.0 Å². The highest BCUT2D eigenvalue weighted by molar-refractivity contribution is 6.32. The topological polar surface area (TPSA) is 662 Å². The highest BCUT2D eigenvalue weighted by atomic mass is 35.5. The van der Waals surface area contributed by atoms with Gasteiger partial charge < -0.3 is 167 Å². The molecule has 3 saturated heterocycles. The second-order valence-corrected chi connectivity index (χ2v) is 32.1. The number of nitrogens with two attached hydrogens (primary N) is 1. The number of aliphatic hydroxyl groups excluding tert-OH is 10. The van der Waals surface area contributed by atoms with Crippen molar-refractivity contribution < 1.29 is 162 Å². The molecule has 3 fully saturated rings. The highest BCUT2D eigenvalue weighted by Crippen LogP contribution is 2.51. The van der Waals surface area contributed by atoms with Crippen LogP contribution in [0.15, 0.2) is 115 Å². The number of aromatic hydroxyl groups is 4. The second kappa shape index (κ2) is 38.5. The van der Waals surface area contributed by atoms with Gasteiger partial charge in [-0.1, -0.05) is 67.2 Å². The van der Waals surface area contributed by atoms with Gasteiger partial charge in [-0.3, -0.25) is 38.4 Å². The molecule has 9 heterocycles. The number of carbonyl (C=O) groups is 9. The zero-order chi connectivity index (χ0) is 91.9. The molecule has 0 radical (unpaired) electrons. The van der Waals surface area contributed by atoms with E-state index in [1.54, 1.807) is 0 Å². The Hall–Kier alpha value is -12.1. The van der Waals surface area contributed by atoms with Crippen molar-refractivity contribution >= 4 is 76.4 Å². The molecular formula is C84H89Cl2N9O33. The normalized spacial score (nSPS) is 29.4. The van der Waals surface area contributed by atoms with E-state index >= 15 is 24.0 Å². The van der Waals surface area contributed by atoms with Crippen LogP contribution in [0, 0.1) is 0 Å². The first-order valence-electron chi connectivity index (χ1n) is 40.1. The number of aliphatic hydroxyl groups is 10. The van der Waals surface area contributed by atoms with Crippen LogP contribution in [-0.2, 0) is 68.5 Å². The van der Waals surface area contributed by atoms with E-state index in [4.69, 9.17) is 71.6 Å². The number of hydrogen-bond donors (Lipinski definition) is 24. The Morgan fingerprint density at radius 2 is 1.05 bits per heavy atom. The molecule has 0 saturated carbocycles. The van der Waals surface area contributed by atoms with E-state index in [2.05, 4.69) is 42.5 Å². The number of hydrogen-bond acceptors (Lipinski definition) is 33. The minimum Gasteiger partial charge on any atom is -0.508 e. The Labute approximate surface area is 734 Å². The number of phenolic OH excluding ortho intramolecular Hbond substituents is 4. The summed E-state index contributed by atoms with van der Waals surface area (Å²) in [7, 11) is 0. The lowest BCUT2D eigenvalue weighted by Gasteiger charge is -2.44. The summed E-state index contributed by atoms with van der Waals surface area (Å²) in [5.74, 6) is -19.6. The standard InChI is InChI=1S/C84H89Cl2N9O33/c1-3-4-5-6-56(104)90-64-70(109)67(106)54(28-97)125-83(64)128-74-51-22-36-23-52(74)122-48-14-10-34(20-43(48)86)73(127-82-63(88-30(2)99)69(108)66(105)53(27-96)124-82)65-80(117)94-62(81(118)119)41-25-38(101)26-50(123-84-72(111)71(110)68(107)55(29-98)126-84)57(41)40-19-33(9-11-45(40)102)59(77(114)95-65)92-79(116)61(36)93-78(115)60-35-17-37(100)24-39(18-35)120-49-21-32(8-12-46(49)103)58(87)76(113)89-44(75(112)91-60)16-31-7-13-47(121-51)42(85)15-31/h7-15,17-26,44,53-55,58-73,82-84,96-98,100-103,105-111H,3-6,16,27-29,87H2,1-2H3,(H,88,99)(H,89,113)(H,90,104)(H,91,112)(H,92,116)(H,93,115)(H,94,117)(H,95,114)(H,118,119)/t44-,53?,54?,55?,58-,59-,60+,61-,62+,63+,64?,65+,66-,67-,68-,69?,70-,71-,72?,73-,82+,83+,84+/m1/s1. The van der Waals surface area contributed by atoms with E-state index in [1.807, 2.05) is 6.92 Å². The van der Waals surface area contributed by atoms with Gasteiger partial charge in [0.05, 0.1) is 29.9 Å². The van der Waals surface area contributed by atoms with Gasteiger partial charge in [0.25, 0.3) is 0 Å². The zero-order valence-electron chi connectivity index (χ0n) is 67.3. The summed E-state index contributed by atoms with van der Waals surface area (Å²) < 4.78 is 57.2. The minimum atomic E-state index is -2.59. The number of nitrogens with one attached hydrogen (secondary N) is 8. The van der Waals surface area contributed by atoms with Crippen molar-refractivity contribution in [2.24, 2.45) is 5.73 Å². The molecule has 128 heavy (non-hydrogen) atoms. The SMILES string of the molecule is CCCCCC(=O)NC1[C@H](Oc2c3cc4cc2Oc2ccc(cc2Cl)[C@@H](O[C@@H]2OC(CO)[C@@H](O)C(O)[C@@H]2NC(C)=O)[C@@H]2NC(=O)[C@H](NC(=O)[C@@H]4NC(=O)[C@H]4NC(=O)[C@@H](Cc5ccc(c(Cl)c5)O3)NC(=O)[C@H](N)c3ccc(O)c(c3)Oc3cc(O)cc4c3)c3ccc(O)c(c3)-c3c(O[C@H]4OC(CO)[C@@H](O)[C@@H](O)C4O)cc(O)cc3[C@@H](C(=O)O)NC2=O)OC(CO)[C@@H](O)[C@@H]1O. The maximum Gasteiger partial charge on any atom is 0.330 e. The third-order valence-electron chi connectivity index (χ3n) is 22.5. The summed E-state index contributed by atoms with van der Waals surface area (Å²) in [4.78, 5) is 138. The molecular weight excluding hydrogens is 1730 g/mol. The van der Waals surface area contributed by atoms with E-state index in [9.17, 15) is 95.8 Å². The van der Waals surface area contributed by atoms with E-state index in [-0.39, 0.29) is 39.8 Å². The number of amides is 8. The van der Waals surface area contributed by atoms with Crippen LogP contribution in [0.4, 0.5) is 0 Å². The smallest absolute Gasteiger partial charge is 0.330 e. The number of carboxylic acids is 1. The van der Waals surface area contributed by atoms with Gasteiger partial charge in [-0.25, -0.2) is 4.79 Å². The van der Waals surface area contributed by atoms with Gasteiger partial charge in [-0.05, 0) is 119 Å². The van der Waals surface area contributed by atoms with Crippen molar-refractivity contribution in [1.29, 1.82) is 0 Å². The molecule has 44 heteroatoms. The first-order chi connectivity index (χ1) is 61.0. The van der Waals surface area contributed by atoms with Gasteiger partial charge in [0.1, 0.15) is 156 Å². The van der Waals surface area contributed by atoms with Gasteiger partial charge in [0.15, 0.2) is 35.3 Å². The van der Waals surface area contributed by atoms with Crippen LogP contribution in [0.1, 0.15) is 115 Å². The third-order valence-corrected chi connectivity index (χ3v) is 23.0. The number of rotatable bonds is 16. The zero-order valence-corrected chi connectivity index (χ0v) is 68.8. The quantitative estimate of drug-likeness (QED) is 0.0548. The lowest BCUT2D eigenvalue weighted by atomic mass is 9.89. The van der Waals surface area contributed by atoms with E-state index in [0.29, 0.717) is 19.3 Å². The maximum atomic E-state index is 17.0. The Balaban J connectivity index is 1.05. The van der Waals surface area contributed by atoms with E-state index < -0.39 is 316 Å². The first kappa shape index (κ1) is 92.1. The summed E-state index contributed by atoms with van der Waals surface area (Å²) in [5, 5.41) is 189. The summed E-state index contributed by atoms with van der Waals surface area (Å²) in [6.07, 6.45) is -27.8. The van der Waals surface area contributed by atoms with Crippen molar-refractivity contribution in [2.45, 2.75) is 186 Å². The summed E-state index contributed by atoms with van der Waals surface area (Å²) in [5.41, 5.74) is 2.76. The van der Waals surface area contributed by atoms with Crippen molar-refractivity contribution in [3.63, 3.8) is 0 Å². The average molecular weight is 1820 g/mol. The van der Waals surface area contributed by atoms with E-state index in [1.165, 1.54) is 30.3 Å². The Bertz CT molecular complexity index is 5460. The molecule has 17 bridgehead atoms. The molecule has 0 aromatic heterocycles. The van der Waals surface area contributed by atoms with E-state index in [0.717, 1.165) is 91.9 Å². The van der Waals surface area contributed by atoms with Gasteiger partial charge in [-0.15, -0.1) is 0 Å².